The van der Waals surface area contributed by atoms with Crippen molar-refractivity contribution in [1.82, 2.24) is 4.90 Å². The molecular formula is C12H21F3N2O2. The number of rotatable bonds is 5. The molecule has 3 N–H and O–H groups in total. The van der Waals surface area contributed by atoms with Gasteiger partial charge in [0, 0.05) is 19.0 Å². The van der Waals surface area contributed by atoms with Crippen LogP contribution < -0.4 is 5.73 Å². The predicted octanol–water partition coefficient (Wildman–Crippen LogP) is 1.28. The lowest BCUT2D eigenvalue weighted by atomic mass is 9.84. The molecule has 0 bridgehead atoms. The molecule has 1 aliphatic carbocycles. The van der Waals surface area contributed by atoms with Crippen LogP contribution in [0, 0.1) is 5.92 Å². The summed E-state index contributed by atoms with van der Waals surface area (Å²) in [5.41, 5.74) is 5.74. The first-order valence-electron chi connectivity index (χ1n) is 6.53. The van der Waals surface area contributed by atoms with E-state index in [2.05, 4.69) is 0 Å². The van der Waals surface area contributed by atoms with Gasteiger partial charge in [-0.15, -0.1) is 0 Å². The van der Waals surface area contributed by atoms with Crippen LogP contribution in [0.15, 0.2) is 0 Å². The summed E-state index contributed by atoms with van der Waals surface area (Å²) in [4.78, 5) is 12.5. The van der Waals surface area contributed by atoms with E-state index in [9.17, 15) is 18.0 Å². The molecule has 1 aliphatic rings. The molecule has 1 saturated carbocycles. The Balaban J connectivity index is 2.47. The number of alkyl halides is 3. The topological polar surface area (TPSA) is 66.6 Å². The van der Waals surface area contributed by atoms with Crippen molar-refractivity contribution < 1.29 is 23.1 Å². The molecule has 0 atom stereocenters. The molecule has 0 aromatic heterocycles. The highest BCUT2D eigenvalue weighted by Gasteiger charge is 2.33. The fourth-order valence-corrected chi connectivity index (χ4v) is 2.40. The van der Waals surface area contributed by atoms with Crippen LogP contribution in [-0.2, 0) is 4.79 Å². The van der Waals surface area contributed by atoms with Crippen LogP contribution in [0.3, 0.4) is 0 Å². The Labute approximate surface area is 110 Å². The molecule has 0 unspecified atom stereocenters. The fraction of sp³-hybridized carbons (Fsp3) is 0.917. The van der Waals surface area contributed by atoms with E-state index in [0.29, 0.717) is 4.90 Å². The molecule has 0 aromatic carbocycles. The second kappa shape index (κ2) is 7.09. The maximum Gasteiger partial charge on any atom is 0.406 e. The van der Waals surface area contributed by atoms with Gasteiger partial charge in [-0.2, -0.15) is 13.2 Å². The molecule has 1 fully saturated rings. The van der Waals surface area contributed by atoms with E-state index >= 15 is 0 Å². The van der Waals surface area contributed by atoms with Gasteiger partial charge < -0.3 is 15.7 Å². The minimum atomic E-state index is -4.43. The van der Waals surface area contributed by atoms with Crippen molar-refractivity contribution >= 4 is 5.91 Å². The van der Waals surface area contributed by atoms with Crippen molar-refractivity contribution in [2.45, 2.75) is 44.3 Å². The normalized spacial score (nSPS) is 24.3. The smallest absolute Gasteiger partial charge is 0.395 e. The molecular weight excluding hydrogens is 261 g/mol. The van der Waals surface area contributed by atoms with E-state index in [1.165, 1.54) is 0 Å². The molecule has 19 heavy (non-hydrogen) atoms. The minimum Gasteiger partial charge on any atom is -0.395 e. The summed E-state index contributed by atoms with van der Waals surface area (Å²) in [6.45, 7) is -2.03. The second-order valence-electron chi connectivity index (χ2n) is 5.14. The van der Waals surface area contributed by atoms with Crippen molar-refractivity contribution in [3.05, 3.63) is 0 Å². The summed E-state index contributed by atoms with van der Waals surface area (Å²) < 4.78 is 37.0. The highest BCUT2D eigenvalue weighted by atomic mass is 19.4. The lowest BCUT2D eigenvalue weighted by Gasteiger charge is -2.29. The van der Waals surface area contributed by atoms with Crippen LogP contribution in [0.2, 0.25) is 0 Å². The summed E-state index contributed by atoms with van der Waals surface area (Å²) in [7, 11) is 0. The summed E-state index contributed by atoms with van der Waals surface area (Å²) in [5.74, 6) is -0.423. The molecule has 0 radical (unpaired) electrons. The van der Waals surface area contributed by atoms with E-state index < -0.39 is 25.2 Å². The highest BCUT2D eigenvalue weighted by Crippen LogP contribution is 2.27. The molecule has 0 aliphatic heterocycles. The maximum absolute atomic E-state index is 12.3. The number of aliphatic hydroxyl groups excluding tert-OH is 1. The van der Waals surface area contributed by atoms with E-state index in [4.69, 9.17) is 10.8 Å². The van der Waals surface area contributed by atoms with Crippen molar-refractivity contribution in [3.8, 4) is 0 Å². The minimum absolute atomic E-state index is 0.113. The van der Waals surface area contributed by atoms with Crippen LogP contribution in [0.25, 0.3) is 0 Å². The van der Waals surface area contributed by atoms with Crippen LogP contribution in [0.5, 0.6) is 0 Å². The summed E-state index contributed by atoms with van der Waals surface area (Å²) in [6, 6.07) is 0.148. The molecule has 7 heteroatoms. The van der Waals surface area contributed by atoms with Crippen LogP contribution >= 0.6 is 0 Å². The molecule has 1 amide bonds. The largest absolute Gasteiger partial charge is 0.406 e. The quantitative estimate of drug-likeness (QED) is 0.798. The Bertz CT molecular complexity index is 289. The number of nitrogens with zero attached hydrogens (tertiary/aromatic N) is 1. The number of amides is 1. The molecule has 0 heterocycles. The summed E-state index contributed by atoms with van der Waals surface area (Å²) in [6.07, 6.45) is -1.12. The zero-order valence-electron chi connectivity index (χ0n) is 10.8. The third-order valence-corrected chi connectivity index (χ3v) is 3.45. The molecule has 4 nitrogen and oxygen atoms in total. The average molecular weight is 282 g/mol. The maximum atomic E-state index is 12.3. The number of aliphatic hydroxyl groups is 1. The van der Waals surface area contributed by atoms with Gasteiger partial charge in [0.25, 0.3) is 0 Å². The Morgan fingerprint density at radius 3 is 2.32 bits per heavy atom. The first-order chi connectivity index (χ1) is 8.81. The predicted molar refractivity (Wildman–Crippen MR) is 64.3 cm³/mol. The number of carbonyl (C=O) groups is 1. The Morgan fingerprint density at radius 1 is 1.26 bits per heavy atom. The van der Waals surface area contributed by atoms with Crippen LogP contribution in [0.1, 0.15) is 32.1 Å². The van der Waals surface area contributed by atoms with Crippen molar-refractivity contribution in [3.63, 3.8) is 0 Å². The van der Waals surface area contributed by atoms with Gasteiger partial charge in [-0.25, -0.2) is 0 Å². The number of hydrogen-bond acceptors (Lipinski definition) is 3. The van der Waals surface area contributed by atoms with Crippen molar-refractivity contribution in [1.29, 1.82) is 0 Å². The first-order valence-corrected chi connectivity index (χ1v) is 6.53. The van der Waals surface area contributed by atoms with Gasteiger partial charge in [-0.1, -0.05) is 0 Å². The molecule has 112 valence electrons. The van der Waals surface area contributed by atoms with Gasteiger partial charge in [0.05, 0.1) is 6.61 Å². The van der Waals surface area contributed by atoms with E-state index in [1.54, 1.807) is 0 Å². The summed E-state index contributed by atoms with van der Waals surface area (Å²) >= 11 is 0. The van der Waals surface area contributed by atoms with Gasteiger partial charge in [0.1, 0.15) is 6.54 Å². The third-order valence-electron chi connectivity index (χ3n) is 3.45. The fourth-order valence-electron chi connectivity index (χ4n) is 2.40. The average Bonchev–Trinajstić information content (AvgIpc) is 2.30. The standard InChI is InChI=1S/C12H21F3N2O2/c13-12(14,15)8-17(5-6-18)11(19)7-9-1-3-10(16)4-2-9/h9-10,18H,1-8,16H2. The van der Waals surface area contributed by atoms with Gasteiger partial charge in [0.15, 0.2) is 0 Å². The van der Waals surface area contributed by atoms with Crippen molar-refractivity contribution in [2.24, 2.45) is 11.7 Å². The van der Waals surface area contributed by atoms with E-state index in [1.807, 2.05) is 0 Å². The lowest BCUT2D eigenvalue weighted by Crippen LogP contribution is -2.41. The lowest BCUT2D eigenvalue weighted by molar-refractivity contribution is -0.162. The SMILES string of the molecule is NC1CCC(CC(=O)N(CCO)CC(F)(F)F)CC1. The monoisotopic (exact) mass is 282 g/mol. The zero-order chi connectivity index (χ0) is 14.5. The second-order valence-corrected chi connectivity index (χ2v) is 5.14. The van der Waals surface area contributed by atoms with Crippen LogP contribution in [0.4, 0.5) is 13.2 Å². The van der Waals surface area contributed by atoms with Gasteiger partial charge in [-0.3, -0.25) is 4.79 Å². The number of nitrogens with two attached hydrogens (primary N) is 1. The van der Waals surface area contributed by atoms with E-state index in [-0.39, 0.29) is 24.9 Å². The molecule has 0 spiro atoms. The van der Waals surface area contributed by atoms with E-state index in [0.717, 1.165) is 25.7 Å². The number of carbonyl (C=O) groups excluding carboxylic acids is 1. The number of halogens is 3. The highest BCUT2D eigenvalue weighted by molar-refractivity contribution is 5.76. The Kier molecular flexibility index (Phi) is 6.06. The van der Waals surface area contributed by atoms with Gasteiger partial charge in [-0.05, 0) is 31.6 Å². The van der Waals surface area contributed by atoms with Crippen molar-refractivity contribution in [2.75, 3.05) is 19.7 Å². The first kappa shape index (κ1) is 16.2. The Hall–Kier alpha value is -0.820. The molecule has 0 aromatic rings. The van der Waals surface area contributed by atoms with Crippen LogP contribution in [-0.4, -0.2) is 47.8 Å². The van der Waals surface area contributed by atoms with Gasteiger partial charge >= 0.3 is 6.18 Å². The summed E-state index contributed by atoms with van der Waals surface area (Å²) in [5, 5.41) is 8.75. The third kappa shape index (κ3) is 6.24. The Morgan fingerprint density at radius 2 is 1.84 bits per heavy atom. The van der Waals surface area contributed by atoms with Gasteiger partial charge in [0.2, 0.25) is 5.91 Å². The number of hydrogen-bond donors (Lipinski definition) is 2. The molecule has 0 saturated heterocycles. The zero-order valence-corrected chi connectivity index (χ0v) is 10.8. The molecule has 1 rings (SSSR count).